The highest BCUT2D eigenvalue weighted by molar-refractivity contribution is 7.89. The molecule has 1 amide bonds. The van der Waals surface area contributed by atoms with E-state index in [2.05, 4.69) is 10.0 Å². The number of thiophene rings is 1. The van der Waals surface area contributed by atoms with Crippen molar-refractivity contribution in [1.29, 1.82) is 0 Å². The van der Waals surface area contributed by atoms with Crippen molar-refractivity contribution < 1.29 is 13.2 Å². The average Bonchev–Trinajstić information content (AvgIpc) is 2.91. The van der Waals surface area contributed by atoms with E-state index in [4.69, 9.17) is 11.6 Å². The lowest BCUT2D eigenvalue weighted by molar-refractivity contribution is 0.103. The minimum absolute atomic E-state index is 0.135. The summed E-state index contributed by atoms with van der Waals surface area (Å²) in [6, 6.07) is 13.5. The molecule has 0 spiro atoms. The monoisotopic (exact) mass is 422 g/mol. The van der Waals surface area contributed by atoms with Crippen LogP contribution in [0.3, 0.4) is 0 Å². The van der Waals surface area contributed by atoms with E-state index in [-0.39, 0.29) is 10.8 Å². The molecule has 0 bridgehead atoms. The maximum atomic E-state index is 12.6. The molecule has 0 aliphatic carbocycles. The number of hydrogen-bond acceptors (Lipinski definition) is 4. The summed E-state index contributed by atoms with van der Waals surface area (Å²) < 4.78 is 28.2. The molecular formula is C19H19ClN2O3S2. The van der Waals surface area contributed by atoms with Gasteiger partial charge in [-0.05, 0) is 51.1 Å². The Balaban J connectivity index is 1.80. The van der Waals surface area contributed by atoms with Crippen LogP contribution < -0.4 is 10.0 Å². The van der Waals surface area contributed by atoms with E-state index in [0.29, 0.717) is 15.6 Å². The van der Waals surface area contributed by atoms with Gasteiger partial charge >= 0.3 is 0 Å². The quantitative estimate of drug-likeness (QED) is 0.628. The molecule has 1 aromatic heterocycles. The second kappa shape index (κ2) is 7.24. The van der Waals surface area contributed by atoms with Crippen molar-refractivity contribution in [2.24, 2.45) is 0 Å². The third-order valence-electron chi connectivity index (χ3n) is 3.60. The van der Waals surface area contributed by atoms with Gasteiger partial charge in [0, 0.05) is 21.3 Å². The van der Waals surface area contributed by atoms with E-state index in [9.17, 15) is 13.2 Å². The van der Waals surface area contributed by atoms with Gasteiger partial charge < -0.3 is 5.32 Å². The molecule has 0 aliphatic rings. The fourth-order valence-corrected chi connectivity index (χ4v) is 5.36. The summed E-state index contributed by atoms with van der Waals surface area (Å²) in [6.07, 6.45) is 0. The molecule has 0 aliphatic heterocycles. The van der Waals surface area contributed by atoms with Crippen molar-refractivity contribution in [1.82, 2.24) is 4.72 Å². The highest BCUT2D eigenvalue weighted by Gasteiger charge is 2.22. The molecule has 142 valence electrons. The Kier molecular flexibility index (Phi) is 5.31. The van der Waals surface area contributed by atoms with Crippen molar-refractivity contribution in [2.45, 2.75) is 31.2 Å². The van der Waals surface area contributed by atoms with Gasteiger partial charge in [0.05, 0.1) is 9.92 Å². The zero-order valence-electron chi connectivity index (χ0n) is 15.0. The number of sulfonamides is 1. The third kappa shape index (κ3) is 4.50. The fourth-order valence-electron chi connectivity index (χ4n) is 2.53. The number of fused-ring (bicyclic) bond motifs is 1. The standard InChI is InChI=1S/C19H19ClN2O3S2/c1-19(2,3)22-27(24,25)13-10-8-12(9-11-13)21-18(23)17-16(20)14-6-4-5-7-15(14)26-17/h4-11,22H,1-3H3,(H,21,23). The van der Waals surface area contributed by atoms with Crippen molar-refractivity contribution in [3.05, 3.63) is 58.4 Å². The largest absolute Gasteiger partial charge is 0.321 e. The third-order valence-corrected chi connectivity index (χ3v) is 7.05. The lowest BCUT2D eigenvalue weighted by Crippen LogP contribution is -2.40. The van der Waals surface area contributed by atoms with Gasteiger partial charge in [-0.3, -0.25) is 4.79 Å². The number of rotatable bonds is 4. The number of halogens is 1. The van der Waals surface area contributed by atoms with E-state index >= 15 is 0 Å². The summed E-state index contributed by atoms with van der Waals surface area (Å²) >= 11 is 7.64. The first kappa shape index (κ1) is 19.8. The first-order valence-electron chi connectivity index (χ1n) is 8.19. The average molecular weight is 423 g/mol. The summed E-state index contributed by atoms with van der Waals surface area (Å²) in [4.78, 5) is 13.1. The van der Waals surface area contributed by atoms with Gasteiger partial charge in [0.2, 0.25) is 10.0 Å². The van der Waals surface area contributed by atoms with Crippen LogP contribution in [0, 0.1) is 0 Å². The smallest absolute Gasteiger partial charge is 0.267 e. The number of hydrogen-bond donors (Lipinski definition) is 2. The van der Waals surface area contributed by atoms with Gasteiger partial charge in [0.1, 0.15) is 4.88 Å². The minimum atomic E-state index is -3.62. The van der Waals surface area contributed by atoms with Crippen molar-refractivity contribution >= 4 is 54.6 Å². The van der Waals surface area contributed by atoms with Crippen molar-refractivity contribution in [3.63, 3.8) is 0 Å². The molecule has 2 N–H and O–H groups in total. The number of nitrogens with one attached hydrogen (secondary N) is 2. The van der Waals surface area contributed by atoms with Gasteiger partial charge in [-0.1, -0.05) is 29.8 Å². The lowest BCUT2D eigenvalue weighted by atomic mass is 10.1. The molecule has 0 fully saturated rings. The summed E-state index contributed by atoms with van der Waals surface area (Å²) in [6.45, 7) is 5.32. The van der Waals surface area contributed by atoms with Gasteiger partial charge in [-0.15, -0.1) is 11.3 Å². The van der Waals surface area contributed by atoms with Crippen LogP contribution in [-0.2, 0) is 10.0 Å². The van der Waals surface area contributed by atoms with Crippen LogP contribution in [-0.4, -0.2) is 19.9 Å². The number of amides is 1. The van der Waals surface area contributed by atoms with Crippen LogP contribution in [0.25, 0.3) is 10.1 Å². The molecule has 8 heteroatoms. The Labute approximate surface area is 167 Å². The second-order valence-corrected chi connectivity index (χ2v) is 10.2. The number of carbonyl (C=O) groups is 1. The van der Waals surface area contributed by atoms with Crippen molar-refractivity contribution in [2.75, 3.05) is 5.32 Å². The van der Waals surface area contributed by atoms with E-state index in [1.54, 1.807) is 32.9 Å². The van der Waals surface area contributed by atoms with Gasteiger partial charge in [0.25, 0.3) is 5.91 Å². The molecule has 5 nitrogen and oxygen atoms in total. The highest BCUT2D eigenvalue weighted by atomic mass is 35.5. The molecule has 3 aromatic rings. The first-order valence-corrected chi connectivity index (χ1v) is 10.9. The van der Waals surface area contributed by atoms with E-state index in [1.807, 2.05) is 24.3 Å². The molecular weight excluding hydrogens is 404 g/mol. The predicted octanol–water partition coefficient (Wildman–Crippen LogP) is 4.88. The molecule has 0 atom stereocenters. The van der Waals surface area contributed by atoms with Gasteiger partial charge in [0.15, 0.2) is 0 Å². The highest BCUT2D eigenvalue weighted by Crippen LogP contribution is 2.35. The molecule has 27 heavy (non-hydrogen) atoms. The van der Waals surface area contributed by atoms with Crippen molar-refractivity contribution in [3.8, 4) is 0 Å². The summed E-state index contributed by atoms with van der Waals surface area (Å²) in [5, 5.41) is 4.01. The maximum Gasteiger partial charge on any atom is 0.267 e. The lowest BCUT2D eigenvalue weighted by Gasteiger charge is -2.20. The molecule has 0 unspecified atom stereocenters. The van der Waals surface area contributed by atoms with Crippen LogP contribution in [0.4, 0.5) is 5.69 Å². The number of benzene rings is 2. The van der Waals surface area contributed by atoms with E-state index in [0.717, 1.165) is 10.1 Å². The second-order valence-electron chi connectivity index (χ2n) is 7.08. The minimum Gasteiger partial charge on any atom is -0.321 e. The van der Waals surface area contributed by atoms with E-state index in [1.165, 1.54) is 23.5 Å². The topological polar surface area (TPSA) is 75.3 Å². The van der Waals surface area contributed by atoms with Gasteiger partial charge in [-0.25, -0.2) is 13.1 Å². The molecule has 2 aromatic carbocycles. The SMILES string of the molecule is CC(C)(C)NS(=O)(=O)c1ccc(NC(=O)c2sc3ccccc3c2Cl)cc1. The Morgan fingerprint density at radius 2 is 1.67 bits per heavy atom. The predicted molar refractivity (Wildman–Crippen MR) is 111 cm³/mol. The molecule has 3 rings (SSSR count). The van der Waals surface area contributed by atoms with Crippen LogP contribution in [0.15, 0.2) is 53.4 Å². The Bertz CT molecular complexity index is 1100. The zero-order chi connectivity index (χ0) is 19.8. The van der Waals surface area contributed by atoms with Crippen LogP contribution in [0.2, 0.25) is 5.02 Å². The molecule has 0 radical (unpaired) electrons. The zero-order valence-corrected chi connectivity index (χ0v) is 17.4. The first-order chi connectivity index (χ1) is 12.6. The normalized spacial score (nSPS) is 12.3. The number of carbonyl (C=O) groups excluding carboxylic acids is 1. The maximum absolute atomic E-state index is 12.6. The summed E-state index contributed by atoms with van der Waals surface area (Å²) in [7, 11) is -3.62. The Morgan fingerprint density at radius 1 is 1.04 bits per heavy atom. The molecule has 1 heterocycles. The fraction of sp³-hybridized carbons (Fsp3) is 0.211. The molecule has 0 saturated heterocycles. The Hall–Kier alpha value is -1.93. The van der Waals surface area contributed by atoms with Crippen LogP contribution in [0.1, 0.15) is 30.4 Å². The summed E-state index contributed by atoms with van der Waals surface area (Å²) in [5.41, 5.74) is -0.0906. The van der Waals surface area contributed by atoms with Crippen LogP contribution in [0.5, 0.6) is 0 Å². The Morgan fingerprint density at radius 3 is 2.26 bits per heavy atom. The number of anilines is 1. The van der Waals surface area contributed by atoms with Crippen LogP contribution >= 0.6 is 22.9 Å². The van der Waals surface area contributed by atoms with E-state index < -0.39 is 15.6 Å². The summed E-state index contributed by atoms with van der Waals surface area (Å²) in [5.74, 6) is -0.329. The molecule has 0 saturated carbocycles. The van der Waals surface area contributed by atoms with Gasteiger partial charge in [-0.2, -0.15) is 0 Å².